The Hall–Kier alpha value is -1.36. The lowest BCUT2D eigenvalue weighted by Crippen LogP contribution is -2.49. The summed E-state index contributed by atoms with van der Waals surface area (Å²) in [5, 5.41) is 3.38. The quantitative estimate of drug-likeness (QED) is 0.533. The maximum Gasteiger partial charge on any atom is 0.224 e. The molecule has 3 rings (SSSR count). The highest BCUT2D eigenvalue weighted by Gasteiger charge is 2.51. The summed E-state index contributed by atoms with van der Waals surface area (Å²) in [5.41, 5.74) is 0.0277. The van der Waals surface area contributed by atoms with E-state index in [4.69, 9.17) is 4.74 Å². The summed E-state index contributed by atoms with van der Waals surface area (Å²) in [4.78, 5) is 26.8. The molecule has 0 aromatic carbocycles. The smallest absolute Gasteiger partial charge is 0.224 e. The average Bonchev–Trinajstić information content (AvgIpc) is 3.19. The van der Waals surface area contributed by atoms with Gasteiger partial charge in [0.25, 0.3) is 0 Å². The second-order valence-corrected chi connectivity index (χ2v) is 8.46. The zero-order valence-electron chi connectivity index (χ0n) is 16.3. The number of ether oxygens (including phenoxy) is 1. The molecular weight excluding hydrogens is 328 g/mol. The molecule has 3 aliphatic rings. The number of nitrogens with one attached hydrogen (secondary N) is 1. The first-order valence-electron chi connectivity index (χ1n) is 10.4. The molecule has 146 valence electrons. The van der Waals surface area contributed by atoms with E-state index in [0.29, 0.717) is 18.9 Å². The van der Waals surface area contributed by atoms with Crippen LogP contribution in [0, 0.1) is 11.8 Å². The molecule has 0 atom stereocenters. The van der Waals surface area contributed by atoms with Gasteiger partial charge in [0.1, 0.15) is 0 Å². The van der Waals surface area contributed by atoms with Crippen molar-refractivity contribution >= 4 is 11.8 Å². The van der Waals surface area contributed by atoms with Crippen molar-refractivity contribution in [1.29, 1.82) is 0 Å². The van der Waals surface area contributed by atoms with E-state index in [-0.39, 0.29) is 29.4 Å². The standard InChI is InChI=1S/C21H34N2O3/c1-16(2)26-15-5-8-19(24)23-13-9-18(10-14-23)21(11-12-21)22-20(25)17-6-3-4-7-17/h3-4,16-18H,5-15H2,1-2H3,(H,22,25). The monoisotopic (exact) mass is 362 g/mol. The predicted molar refractivity (Wildman–Crippen MR) is 102 cm³/mol. The Kier molecular flexibility index (Phi) is 6.38. The minimum atomic E-state index is 0.0277. The molecule has 1 saturated heterocycles. The minimum Gasteiger partial charge on any atom is -0.379 e. The number of carbonyl (C=O) groups excluding carboxylic acids is 2. The van der Waals surface area contributed by atoms with E-state index < -0.39 is 0 Å². The zero-order chi connectivity index (χ0) is 18.6. The molecule has 0 unspecified atom stereocenters. The molecule has 0 aromatic rings. The van der Waals surface area contributed by atoms with Crippen LogP contribution in [0.25, 0.3) is 0 Å². The first-order chi connectivity index (χ1) is 12.5. The molecule has 5 nitrogen and oxygen atoms in total. The fraction of sp³-hybridized carbons (Fsp3) is 0.810. The van der Waals surface area contributed by atoms with Gasteiger partial charge in [0.2, 0.25) is 11.8 Å². The van der Waals surface area contributed by atoms with Crippen LogP contribution in [0.2, 0.25) is 0 Å². The summed E-state index contributed by atoms with van der Waals surface area (Å²) >= 11 is 0. The second-order valence-electron chi connectivity index (χ2n) is 8.46. The van der Waals surface area contributed by atoms with E-state index in [0.717, 1.165) is 58.0 Å². The fourth-order valence-corrected chi connectivity index (χ4v) is 4.33. The van der Waals surface area contributed by atoms with Crippen LogP contribution in [0.15, 0.2) is 12.2 Å². The molecule has 1 aliphatic heterocycles. The van der Waals surface area contributed by atoms with Crippen LogP contribution in [0.4, 0.5) is 0 Å². The number of nitrogens with zero attached hydrogens (tertiary/aromatic N) is 1. The molecule has 2 aliphatic carbocycles. The SMILES string of the molecule is CC(C)OCCCC(=O)N1CCC(C2(NC(=O)C3CC=CC3)CC2)CC1. The van der Waals surface area contributed by atoms with Gasteiger partial charge >= 0.3 is 0 Å². The van der Waals surface area contributed by atoms with Gasteiger partial charge in [0.15, 0.2) is 0 Å². The van der Waals surface area contributed by atoms with Crippen LogP contribution >= 0.6 is 0 Å². The third kappa shape index (κ3) is 4.87. The zero-order valence-corrected chi connectivity index (χ0v) is 16.3. The van der Waals surface area contributed by atoms with Gasteiger partial charge in [-0.05, 0) is 64.7 Å². The third-order valence-corrected chi connectivity index (χ3v) is 6.15. The maximum absolute atomic E-state index is 12.5. The highest BCUT2D eigenvalue weighted by atomic mass is 16.5. The molecule has 1 N–H and O–H groups in total. The second kappa shape index (κ2) is 8.55. The van der Waals surface area contributed by atoms with Gasteiger partial charge < -0.3 is 15.0 Å². The number of hydrogen-bond donors (Lipinski definition) is 1. The molecule has 0 bridgehead atoms. The van der Waals surface area contributed by atoms with Crippen LogP contribution in [0.5, 0.6) is 0 Å². The van der Waals surface area contributed by atoms with Crippen molar-refractivity contribution in [3.8, 4) is 0 Å². The minimum absolute atomic E-state index is 0.0277. The van der Waals surface area contributed by atoms with E-state index in [1.54, 1.807) is 0 Å². The predicted octanol–water partition coefficient (Wildman–Crippen LogP) is 3.05. The Balaban J connectivity index is 1.39. The van der Waals surface area contributed by atoms with Crippen LogP contribution in [0.1, 0.15) is 65.2 Å². The lowest BCUT2D eigenvalue weighted by Gasteiger charge is -2.37. The highest BCUT2D eigenvalue weighted by Crippen LogP contribution is 2.47. The van der Waals surface area contributed by atoms with Crippen molar-refractivity contribution in [1.82, 2.24) is 10.2 Å². The van der Waals surface area contributed by atoms with E-state index in [2.05, 4.69) is 17.5 Å². The Bertz CT molecular complexity index is 523. The highest BCUT2D eigenvalue weighted by molar-refractivity contribution is 5.80. The van der Waals surface area contributed by atoms with Crippen molar-refractivity contribution in [2.75, 3.05) is 19.7 Å². The topological polar surface area (TPSA) is 58.6 Å². The first-order valence-corrected chi connectivity index (χ1v) is 10.4. The van der Waals surface area contributed by atoms with Gasteiger partial charge in [-0.1, -0.05) is 12.2 Å². The number of allylic oxidation sites excluding steroid dienone is 2. The van der Waals surface area contributed by atoms with Gasteiger partial charge in [-0.25, -0.2) is 0 Å². The summed E-state index contributed by atoms with van der Waals surface area (Å²) in [7, 11) is 0. The Morgan fingerprint density at radius 1 is 1.19 bits per heavy atom. The van der Waals surface area contributed by atoms with Crippen LogP contribution in [-0.2, 0) is 14.3 Å². The van der Waals surface area contributed by atoms with Gasteiger partial charge in [-0.2, -0.15) is 0 Å². The molecule has 0 spiro atoms. The summed E-state index contributed by atoms with van der Waals surface area (Å²) in [6.07, 6.45) is 11.8. The number of hydrogen-bond acceptors (Lipinski definition) is 3. The van der Waals surface area contributed by atoms with Crippen molar-refractivity contribution in [3.05, 3.63) is 12.2 Å². The Morgan fingerprint density at radius 2 is 1.85 bits per heavy atom. The third-order valence-electron chi connectivity index (χ3n) is 6.15. The number of amides is 2. The Morgan fingerprint density at radius 3 is 2.42 bits per heavy atom. The van der Waals surface area contributed by atoms with Gasteiger partial charge in [-0.3, -0.25) is 9.59 Å². The normalized spacial score (nSPS) is 22.8. The summed E-state index contributed by atoms with van der Waals surface area (Å²) < 4.78 is 5.51. The van der Waals surface area contributed by atoms with E-state index in [1.807, 2.05) is 18.7 Å². The maximum atomic E-state index is 12.5. The molecule has 0 radical (unpaired) electrons. The van der Waals surface area contributed by atoms with Gasteiger partial charge in [0, 0.05) is 37.6 Å². The van der Waals surface area contributed by atoms with Gasteiger partial charge in [0.05, 0.1) is 6.10 Å². The Labute approximate surface area is 157 Å². The number of carbonyl (C=O) groups is 2. The molecule has 0 aromatic heterocycles. The first kappa shape index (κ1) is 19.4. The van der Waals surface area contributed by atoms with Crippen molar-refractivity contribution < 1.29 is 14.3 Å². The molecular formula is C21H34N2O3. The molecule has 5 heteroatoms. The fourth-order valence-electron chi connectivity index (χ4n) is 4.33. The lowest BCUT2D eigenvalue weighted by molar-refractivity contribution is -0.134. The summed E-state index contributed by atoms with van der Waals surface area (Å²) in [5.74, 6) is 1.15. The van der Waals surface area contributed by atoms with Crippen molar-refractivity contribution in [3.63, 3.8) is 0 Å². The largest absolute Gasteiger partial charge is 0.379 e. The van der Waals surface area contributed by atoms with Crippen LogP contribution < -0.4 is 5.32 Å². The molecule has 1 saturated carbocycles. The van der Waals surface area contributed by atoms with E-state index >= 15 is 0 Å². The van der Waals surface area contributed by atoms with Crippen molar-refractivity contribution in [2.24, 2.45) is 11.8 Å². The average molecular weight is 363 g/mol. The number of rotatable bonds is 8. The molecule has 2 fully saturated rings. The van der Waals surface area contributed by atoms with E-state index in [9.17, 15) is 9.59 Å². The summed E-state index contributed by atoms with van der Waals surface area (Å²) in [6, 6.07) is 0. The molecule has 1 heterocycles. The van der Waals surface area contributed by atoms with Crippen molar-refractivity contribution in [2.45, 2.75) is 76.9 Å². The van der Waals surface area contributed by atoms with Gasteiger partial charge in [-0.15, -0.1) is 0 Å². The number of likely N-dealkylation sites (tertiary alicyclic amines) is 1. The molecule has 2 amide bonds. The summed E-state index contributed by atoms with van der Waals surface area (Å²) in [6.45, 7) is 6.35. The number of piperidine rings is 1. The van der Waals surface area contributed by atoms with Crippen LogP contribution in [0.3, 0.4) is 0 Å². The lowest BCUT2D eigenvalue weighted by atomic mass is 9.86. The van der Waals surface area contributed by atoms with E-state index in [1.165, 1.54) is 0 Å². The molecule has 26 heavy (non-hydrogen) atoms. The van der Waals surface area contributed by atoms with Crippen LogP contribution in [-0.4, -0.2) is 48.1 Å².